The molecule has 1 aliphatic rings. The number of benzene rings is 2. The number of carbonyl (C=O) groups is 1. The van der Waals surface area contributed by atoms with Gasteiger partial charge in [-0.1, -0.05) is 30.3 Å². The van der Waals surface area contributed by atoms with Gasteiger partial charge in [-0.15, -0.1) is 0 Å². The van der Waals surface area contributed by atoms with E-state index in [-0.39, 0.29) is 11.9 Å². The van der Waals surface area contributed by atoms with Crippen LogP contribution in [0.2, 0.25) is 0 Å². The second kappa shape index (κ2) is 8.21. The van der Waals surface area contributed by atoms with Crippen molar-refractivity contribution < 1.29 is 13.6 Å². The second-order valence-corrected chi connectivity index (χ2v) is 6.44. The Kier molecular flexibility index (Phi) is 5.76. The van der Waals surface area contributed by atoms with E-state index in [0.29, 0.717) is 13.0 Å². The molecule has 1 amide bonds. The van der Waals surface area contributed by atoms with Gasteiger partial charge in [0.2, 0.25) is 5.91 Å². The van der Waals surface area contributed by atoms with Gasteiger partial charge >= 0.3 is 0 Å². The van der Waals surface area contributed by atoms with Crippen LogP contribution in [0.25, 0.3) is 0 Å². The van der Waals surface area contributed by atoms with Crippen LogP contribution in [-0.4, -0.2) is 18.5 Å². The molecular weight excluding hydrogens is 322 g/mol. The van der Waals surface area contributed by atoms with Gasteiger partial charge < -0.3 is 10.6 Å². The van der Waals surface area contributed by atoms with Gasteiger partial charge in [0.15, 0.2) is 11.6 Å². The molecule has 1 fully saturated rings. The van der Waals surface area contributed by atoms with Crippen molar-refractivity contribution in [3.05, 3.63) is 70.8 Å². The monoisotopic (exact) mass is 344 g/mol. The van der Waals surface area contributed by atoms with Crippen molar-refractivity contribution in [1.29, 1.82) is 0 Å². The molecule has 1 unspecified atom stereocenters. The van der Waals surface area contributed by atoms with Crippen molar-refractivity contribution >= 4 is 5.91 Å². The fraction of sp³-hybridized carbons (Fsp3) is 0.350. The summed E-state index contributed by atoms with van der Waals surface area (Å²) >= 11 is 0. The lowest BCUT2D eigenvalue weighted by atomic mass is 10.0. The lowest BCUT2D eigenvalue weighted by Gasteiger charge is -2.12. The van der Waals surface area contributed by atoms with E-state index >= 15 is 0 Å². The Morgan fingerprint density at radius 1 is 1.04 bits per heavy atom. The summed E-state index contributed by atoms with van der Waals surface area (Å²) in [5.74, 6) is -1.59. The molecule has 2 N–H and O–H groups in total. The predicted molar refractivity (Wildman–Crippen MR) is 93.1 cm³/mol. The first-order valence-corrected chi connectivity index (χ1v) is 8.64. The summed E-state index contributed by atoms with van der Waals surface area (Å²) in [5.41, 5.74) is 2.91. The van der Waals surface area contributed by atoms with Gasteiger partial charge in [-0.05, 0) is 61.1 Å². The van der Waals surface area contributed by atoms with Gasteiger partial charge in [-0.25, -0.2) is 8.78 Å². The lowest BCUT2D eigenvalue weighted by Crippen LogP contribution is -2.40. The molecule has 0 aliphatic carbocycles. The summed E-state index contributed by atoms with van der Waals surface area (Å²) in [6.45, 7) is 1.40. The SMILES string of the molecule is O=C(NCc1cccc(CCc2ccc(F)c(F)c2)c1)C1CCCN1. The maximum absolute atomic E-state index is 13.3. The Balaban J connectivity index is 1.53. The quantitative estimate of drug-likeness (QED) is 0.845. The Morgan fingerprint density at radius 2 is 1.80 bits per heavy atom. The van der Waals surface area contributed by atoms with Gasteiger partial charge in [0.25, 0.3) is 0 Å². The molecule has 3 rings (SSSR count). The second-order valence-electron chi connectivity index (χ2n) is 6.44. The molecule has 0 saturated carbocycles. The van der Waals surface area contributed by atoms with E-state index in [4.69, 9.17) is 0 Å². The molecular formula is C20H22F2N2O. The van der Waals surface area contributed by atoms with Crippen molar-refractivity contribution in [3.8, 4) is 0 Å². The smallest absolute Gasteiger partial charge is 0.237 e. The third kappa shape index (κ3) is 4.86. The van der Waals surface area contributed by atoms with Crippen LogP contribution in [0.4, 0.5) is 8.78 Å². The third-order valence-electron chi connectivity index (χ3n) is 4.52. The molecule has 2 aromatic carbocycles. The molecule has 1 saturated heterocycles. The van der Waals surface area contributed by atoms with Crippen molar-refractivity contribution in [2.24, 2.45) is 0 Å². The minimum absolute atomic E-state index is 0.0460. The average Bonchev–Trinajstić information content (AvgIpc) is 3.16. The summed E-state index contributed by atoms with van der Waals surface area (Å²) in [6, 6.07) is 11.9. The highest BCUT2D eigenvalue weighted by atomic mass is 19.2. The molecule has 1 atom stereocenters. The van der Waals surface area contributed by atoms with E-state index in [0.717, 1.165) is 48.6 Å². The number of carbonyl (C=O) groups excluding carboxylic acids is 1. The zero-order valence-electron chi connectivity index (χ0n) is 14.0. The Labute approximate surface area is 146 Å². The standard InChI is InChI=1S/C20H22F2N2O/c21-17-9-8-15(12-18(17)22)7-6-14-3-1-4-16(11-14)13-24-20(25)19-5-2-10-23-19/h1,3-4,8-9,11-12,19,23H,2,5-7,10,13H2,(H,24,25). The van der Waals surface area contributed by atoms with E-state index in [1.165, 1.54) is 6.07 Å². The summed E-state index contributed by atoms with van der Waals surface area (Å²) < 4.78 is 26.2. The highest BCUT2D eigenvalue weighted by molar-refractivity contribution is 5.81. The number of hydrogen-bond donors (Lipinski definition) is 2. The topological polar surface area (TPSA) is 41.1 Å². The maximum Gasteiger partial charge on any atom is 0.237 e. The molecule has 1 heterocycles. The van der Waals surface area contributed by atoms with E-state index < -0.39 is 11.6 Å². The molecule has 0 radical (unpaired) electrons. The molecule has 1 aliphatic heterocycles. The normalized spacial score (nSPS) is 16.8. The van der Waals surface area contributed by atoms with Crippen molar-refractivity contribution in [3.63, 3.8) is 0 Å². The Morgan fingerprint density at radius 3 is 2.52 bits per heavy atom. The minimum atomic E-state index is -0.821. The van der Waals surface area contributed by atoms with E-state index in [1.807, 2.05) is 24.3 Å². The number of amides is 1. The lowest BCUT2D eigenvalue weighted by molar-refractivity contribution is -0.122. The van der Waals surface area contributed by atoms with Gasteiger partial charge in [0, 0.05) is 6.54 Å². The molecule has 5 heteroatoms. The maximum atomic E-state index is 13.3. The van der Waals surface area contributed by atoms with Crippen LogP contribution in [0, 0.1) is 11.6 Å². The van der Waals surface area contributed by atoms with Crippen molar-refractivity contribution in [2.75, 3.05) is 6.54 Å². The molecule has 3 nitrogen and oxygen atoms in total. The number of hydrogen-bond acceptors (Lipinski definition) is 2. The van der Waals surface area contributed by atoms with Crippen LogP contribution in [-0.2, 0) is 24.2 Å². The summed E-state index contributed by atoms with van der Waals surface area (Å²) in [5, 5.41) is 6.14. The van der Waals surface area contributed by atoms with Gasteiger partial charge in [-0.3, -0.25) is 4.79 Å². The number of halogens is 2. The summed E-state index contributed by atoms with van der Waals surface area (Å²) in [7, 11) is 0. The largest absolute Gasteiger partial charge is 0.351 e. The minimum Gasteiger partial charge on any atom is -0.351 e. The first-order chi connectivity index (χ1) is 12.1. The molecule has 25 heavy (non-hydrogen) atoms. The number of nitrogens with one attached hydrogen (secondary N) is 2. The van der Waals surface area contributed by atoms with Gasteiger partial charge in [-0.2, -0.15) is 0 Å². The van der Waals surface area contributed by atoms with Crippen LogP contribution in [0.15, 0.2) is 42.5 Å². The van der Waals surface area contributed by atoms with Gasteiger partial charge in [0.1, 0.15) is 0 Å². The van der Waals surface area contributed by atoms with Crippen LogP contribution in [0.1, 0.15) is 29.5 Å². The molecule has 2 aromatic rings. The Bertz CT molecular complexity index is 742. The molecule has 0 bridgehead atoms. The first-order valence-electron chi connectivity index (χ1n) is 8.64. The van der Waals surface area contributed by atoms with Crippen LogP contribution >= 0.6 is 0 Å². The van der Waals surface area contributed by atoms with Crippen molar-refractivity contribution in [2.45, 2.75) is 38.3 Å². The van der Waals surface area contributed by atoms with Crippen molar-refractivity contribution in [1.82, 2.24) is 10.6 Å². The zero-order chi connectivity index (χ0) is 17.6. The van der Waals surface area contributed by atoms with E-state index in [9.17, 15) is 13.6 Å². The summed E-state index contributed by atoms with van der Waals surface area (Å²) in [6.07, 6.45) is 3.30. The average molecular weight is 344 g/mol. The Hall–Kier alpha value is -2.27. The predicted octanol–water partition coefficient (Wildman–Crippen LogP) is 3.12. The number of aryl methyl sites for hydroxylation is 2. The molecule has 132 valence electrons. The fourth-order valence-electron chi connectivity index (χ4n) is 3.10. The van der Waals surface area contributed by atoms with Gasteiger partial charge in [0.05, 0.1) is 6.04 Å². The number of rotatable bonds is 6. The first kappa shape index (κ1) is 17.5. The van der Waals surface area contributed by atoms with Crippen LogP contribution in [0.5, 0.6) is 0 Å². The highest BCUT2D eigenvalue weighted by Crippen LogP contribution is 2.13. The summed E-state index contributed by atoms with van der Waals surface area (Å²) in [4.78, 5) is 12.0. The fourth-order valence-corrected chi connectivity index (χ4v) is 3.10. The molecule has 0 spiro atoms. The van der Waals surface area contributed by atoms with Crippen LogP contribution in [0.3, 0.4) is 0 Å². The zero-order valence-corrected chi connectivity index (χ0v) is 14.0. The van der Waals surface area contributed by atoms with E-state index in [2.05, 4.69) is 10.6 Å². The molecule has 0 aromatic heterocycles. The highest BCUT2D eigenvalue weighted by Gasteiger charge is 2.21. The third-order valence-corrected chi connectivity index (χ3v) is 4.52. The van der Waals surface area contributed by atoms with E-state index in [1.54, 1.807) is 6.07 Å². The van der Waals surface area contributed by atoms with Crippen LogP contribution < -0.4 is 10.6 Å².